The molecule has 1 aromatic carbocycles. The third-order valence-corrected chi connectivity index (χ3v) is 3.36. The Balaban J connectivity index is 2.01. The van der Waals surface area contributed by atoms with Crippen LogP contribution in [0.15, 0.2) is 30.3 Å². The minimum absolute atomic E-state index is 0.707. The van der Waals surface area contributed by atoms with E-state index in [1.165, 1.54) is 0 Å². The van der Waals surface area contributed by atoms with Crippen LogP contribution in [-0.4, -0.2) is 42.7 Å². The van der Waals surface area contributed by atoms with Crippen molar-refractivity contribution >= 4 is 0 Å². The number of nitrogens with one attached hydrogen (secondary N) is 1. The molecule has 2 rings (SSSR count). The van der Waals surface area contributed by atoms with Crippen LogP contribution in [0, 0.1) is 0 Å². The van der Waals surface area contributed by atoms with Gasteiger partial charge < -0.3 is 10.4 Å². The van der Waals surface area contributed by atoms with Crippen molar-refractivity contribution in [2.24, 2.45) is 0 Å². The Bertz CT molecular complexity index is 329. The van der Waals surface area contributed by atoms with Gasteiger partial charge in [-0.15, -0.1) is 0 Å². The molecule has 94 valence electrons. The predicted molar refractivity (Wildman–Crippen MR) is 69.9 cm³/mol. The maximum absolute atomic E-state index is 10.6. The van der Waals surface area contributed by atoms with Crippen molar-refractivity contribution in [3.05, 3.63) is 35.9 Å². The molecule has 0 aromatic heterocycles. The minimum Gasteiger partial charge on any atom is -0.384 e. The summed E-state index contributed by atoms with van der Waals surface area (Å²) in [6.45, 7) is 6.80. The predicted octanol–water partition coefficient (Wildman–Crippen LogP) is 1.19. The van der Waals surface area contributed by atoms with Crippen molar-refractivity contribution in [2.75, 3.05) is 32.7 Å². The molecule has 1 fully saturated rings. The summed E-state index contributed by atoms with van der Waals surface area (Å²) in [5.41, 5.74) is 0.239. The minimum atomic E-state index is -0.758. The number of β-amino-alcohol motifs (C(OH)–C–C–N with tert-alkyl or cyclic N) is 1. The Morgan fingerprint density at radius 3 is 2.76 bits per heavy atom. The molecule has 0 aliphatic carbocycles. The molecule has 1 atom stereocenters. The van der Waals surface area contributed by atoms with Gasteiger partial charge in [0.1, 0.15) is 0 Å². The highest BCUT2D eigenvalue weighted by molar-refractivity contribution is 5.21. The summed E-state index contributed by atoms with van der Waals surface area (Å²) in [4.78, 5) is 2.34. The molecular formula is C14H22N2O. The quantitative estimate of drug-likeness (QED) is 0.824. The fraction of sp³-hybridized carbons (Fsp3) is 0.571. The van der Waals surface area contributed by atoms with Crippen LogP contribution < -0.4 is 5.32 Å². The van der Waals surface area contributed by atoms with Crippen molar-refractivity contribution in [1.82, 2.24) is 10.2 Å². The SMILES string of the molecule is CC(O)(CN1CCCNCC1)c1ccccc1. The lowest BCUT2D eigenvalue weighted by molar-refractivity contribution is 0.0177. The zero-order chi connectivity index (χ0) is 12.1. The Labute approximate surface area is 103 Å². The van der Waals surface area contributed by atoms with Gasteiger partial charge in [-0.05, 0) is 32.0 Å². The zero-order valence-electron chi connectivity index (χ0n) is 10.5. The van der Waals surface area contributed by atoms with E-state index in [2.05, 4.69) is 10.2 Å². The Hall–Kier alpha value is -0.900. The number of hydrogen-bond donors (Lipinski definition) is 2. The van der Waals surface area contributed by atoms with E-state index in [4.69, 9.17) is 0 Å². The first-order chi connectivity index (χ1) is 8.18. The zero-order valence-corrected chi connectivity index (χ0v) is 10.5. The summed E-state index contributed by atoms with van der Waals surface area (Å²) in [5, 5.41) is 13.9. The van der Waals surface area contributed by atoms with Gasteiger partial charge >= 0.3 is 0 Å². The fourth-order valence-corrected chi connectivity index (χ4v) is 2.38. The van der Waals surface area contributed by atoms with Gasteiger partial charge in [-0.3, -0.25) is 4.90 Å². The second-order valence-electron chi connectivity index (χ2n) is 5.02. The lowest BCUT2D eigenvalue weighted by atomic mass is 9.95. The number of benzene rings is 1. The Morgan fingerprint density at radius 1 is 1.24 bits per heavy atom. The maximum atomic E-state index is 10.6. The van der Waals surface area contributed by atoms with Gasteiger partial charge in [-0.1, -0.05) is 30.3 Å². The normalized spacial score (nSPS) is 21.8. The summed E-state index contributed by atoms with van der Waals surface area (Å²) in [6, 6.07) is 9.93. The molecule has 3 heteroatoms. The van der Waals surface area contributed by atoms with Gasteiger partial charge in [0.2, 0.25) is 0 Å². The van der Waals surface area contributed by atoms with Crippen LogP contribution >= 0.6 is 0 Å². The summed E-state index contributed by atoms with van der Waals surface area (Å²) in [6.07, 6.45) is 1.16. The van der Waals surface area contributed by atoms with Gasteiger partial charge in [0.15, 0.2) is 0 Å². The molecular weight excluding hydrogens is 212 g/mol. The second kappa shape index (κ2) is 5.63. The average Bonchev–Trinajstić information content (AvgIpc) is 2.58. The van der Waals surface area contributed by atoms with Crippen molar-refractivity contribution < 1.29 is 5.11 Å². The molecule has 17 heavy (non-hydrogen) atoms. The molecule has 3 nitrogen and oxygen atoms in total. The van der Waals surface area contributed by atoms with Gasteiger partial charge in [0, 0.05) is 19.6 Å². The first-order valence-electron chi connectivity index (χ1n) is 6.39. The van der Waals surface area contributed by atoms with E-state index >= 15 is 0 Å². The average molecular weight is 234 g/mol. The molecule has 1 aliphatic rings. The Morgan fingerprint density at radius 2 is 2.00 bits per heavy atom. The summed E-state index contributed by atoms with van der Waals surface area (Å²) >= 11 is 0. The second-order valence-corrected chi connectivity index (χ2v) is 5.02. The Kier molecular flexibility index (Phi) is 4.15. The molecule has 1 aliphatic heterocycles. The van der Waals surface area contributed by atoms with Gasteiger partial charge in [-0.25, -0.2) is 0 Å². The van der Waals surface area contributed by atoms with Crippen molar-refractivity contribution in [3.8, 4) is 0 Å². The fourth-order valence-electron chi connectivity index (χ4n) is 2.38. The van der Waals surface area contributed by atoms with Crippen LogP contribution in [0.5, 0.6) is 0 Å². The van der Waals surface area contributed by atoms with E-state index in [1.54, 1.807) is 0 Å². The molecule has 0 radical (unpaired) electrons. The smallest absolute Gasteiger partial charge is 0.0994 e. The van der Waals surface area contributed by atoms with E-state index in [9.17, 15) is 5.11 Å². The molecule has 0 bridgehead atoms. The van der Waals surface area contributed by atoms with Crippen molar-refractivity contribution in [1.29, 1.82) is 0 Å². The monoisotopic (exact) mass is 234 g/mol. The number of nitrogens with zero attached hydrogens (tertiary/aromatic N) is 1. The van der Waals surface area contributed by atoms with Gasteiger partial charge in [0.25, 0.3) is 0 Å². The van der Waals surface area contributed by atoms with Gasteiger partial charge in [0.05, 0.1) is 5.60 Å². The first kappa shape index (κ1) is 12.6. The number of rotatable bonds is 3. The van der Waals surface area contributed by atoms with Crippen LogP contribution in [0.3, 0.4) is 0 Å². The lowest BCUT2D eigenvalue weighted by Gasteiger charge is -2.31. The van der Waals surface area contributed by atoms with Crippen LogP contribution in [0.25, 0.3) is 0 Å². The topological polar surface area (TPSA) is 35.5 Å². The lowest BCUT2D eigenvalue weighted by Crippen LogP contribution is -2.40. The van der Waals surface area contributed by atoms with E-state index in [1.807, 2.05) is 37.3 Å². The molecule has 0 saturated carbocycles. The van der Waals surface area contributed by atoms with Crippen molar-refractivity contribution in [3.63, 3.8) is 0 Å². The summed E-state index contributed by atoms with van der Waals surface area (Å²) in [7, 11) is 0. The number of hydrogen-bond acceptors (Lipinski definition) is 3. The first-order valence-corrected chi connectivity index (χ1v) is 6.39. The number of aliphatic hydroxyl groups is 1. The van der Waals surface area contributed by atoms with Crippen LogP contribution in [0.1, 0.15) is 18.9 Å². The molecule has 1 unspecified atom stereocenters. The third-order valence-electron chi connectivity index (χ3n) is 3.36. The van der Waals surface area contributed by atoms with E-state index in [-0.39, 0.29) is 0 Å². The maximum Gasteiger partial charge on any atom is 0.0994 e. The third kappa shape index (κ3) is 3.53. The van der Waals surface area contributed by atoms with Gasteiger partial charge in [-0.2, -0.15) is 0 Å². The van der Waals surface area contributed by atoms with E-state index < -0.39 is 5.60 Å². The molecule has 1 heterocycles. The van der Waals surface area contributed by atoms with E-state index in [0.717, 1.165) is 38.2 Å². The highest BCUT2D eigenvalue weighted by atomic mass is 16.3. The van der Waals surface area contributed by atoms with Crippen molar-refractivity contribution in [2.45, 2.75) is 18.9 Å². The summed E-state index contributed by atoms with van der Waals surface area (Å²) in [5.74, 6) is 0. The highest BCUT2D eigenvalue weighted by Gasteiger charge is 2.26. The summed E-state index contributed by atoms with van der Waals surface area (Å²) < 4.78 is 0. The standard InChI is InChI=1S/C14H22N2O/c1-14(17,13-6-3-2-4-7-13)12-16-10-5-8-15-9-11-16/h2-4,6-7,15,17H,5,8-12H2,1H3. The van der Waals surface area contributed by atoms with Crippen LogP contribution in [-0.2, 0) is 5.60 Å². The van der Waals surface area contributed by atoms with E-state index in [0.29, 0.717) is 6.54 Å². The molecule has 1 saturated heterocycles. The molecule has 0 spiro atoms. The van der Waals surface area contributed by atoms with Crippen LogP contribution in [0.2, 0.25) is 0 Å². The molecule has 1 aromatic rings. The highest BCUT2D eigenvalue weighted by Crippen LogP contribution is 2.21. The molecule has 2 N–H and O–H groups in total. The molecule has 0 amide bonds. The van der Waals surface area contributed by atoms with Crippen LogP contribution in [0.4, 0.5) is 0 Å². The largest absolute Gasteiger partial charge is 0.384 e.